The number of nitrogens with zero attached hydrogens (tertiary/aromatic N) is 2. The second kappa shape index (κ2) is 4.86. The summed E-state index contributed by atoms with van der Waals surface area (Å²) in [6.45, 7) is 0. The summed E-state index contributed by atoms with van der Waals surface area (Å²) in [4.78, 5) is 37.9. The maximum absolute atomic E-state index is 12.9. The molecule has 3 saturated heterocycles. The lowest BCUT2D eigenvalue weighted by Crippen LogP contribution is -2.34. The quantitative estimate of drug-likeness (QED) is 0.476. The summed E-state index contributed by atoms with van der Waals surface area (Å²) in [5.41, 5.74) is 0.382. The van der Waals surface area contributed by atoms with Crippen LogP contribution in [0, 0.1) is 22.0 Å². The molecular weight excluding hydrogens is 324 g/mol. The zero-order chi connectivity index (χ0) is 17.3. The minimum Gasteiger partial charge on any atom is -0.373 e. The van der Waals surface area contributed by atoms with E-state index in [1.165, 1.54) is 17.0 Å². The number of rotatable bonds is 2. The Balaban J connectivity index is 1.67. The molecule has 0 N–H and O–H groups in total. The van der Waals surface area contributed by atoms with Gasteiger partial charge < -0.3 is 4.74 Å². The maximum atomic E-state index is 12.9. The Hall–Kier alpha value is -2.80. The van der Waals surface area contributed by atoms with Gasteiger partial charge in [-0.1, -0.05) is 18.2 Å². The summed E-state index contributed by atoms with van der Waals surface area (Å²) < 4.78 is 5.74. The van der Waals surface area contributed by atoms with Crippen LogP contribution in [-0.4, -0.2) is 28.9 Å². The number of fused-ring (bicyclic) bond motifs is 6. The predicted octanol–water partition coefficient (Wildman–Crippen LogP) is 2.41. The third kappa shape index (κ3) is 1.78. The van der Waals surface area contributed by atoms with Gasteiger partial charge in [-0.05, 0) is 25.0 Å². The summed E-state index contributed by atoms with van der Waals surface area (Å²) >= 11 is 0. The van der Waals surface area contributed by atoms with Gasteiger partial charge in [-0.2, -0.15) is 0 Å². The van der Waals surface area contributed by atoms with E-state index in [1.54, 1.807) is 24.3 Å². The first-order valence-electron chi connectivity index (χ1n) is 8.27. The van der Waals surface area contributed by atoms with Crippen molar-refractivity contribution in [1.82, 2.24) is 0 Å². The van der Waals surface area contributed by atoms with Crippen molar-refractivity contribution >= 4 is 34.0 Å². The Morgan fingerprint density at radius 1 is 0.960 bits per heavy atom. The van der Waals surface area contributed by atoms with Gasteiger partial charge in [-0.3, -0.25) is 19.7 Å². The van der Waals surface area contributed by atoms with Gasteiger partial charge >= 0.3 is 0 Å². The normalized spacial score (nSPS) is 30.3. The van der Waals surface area contributed by atoms with Gasteiger partial charge in [0.25, 0.3) is 5.69 Å². The van der Waals surface area contributed by atoms with E-state index in [-0.39, 0.29) is 29.7 Å². The molecule has 2 aromatic rings. The smallest absolute Gasteiger partial charge is 0.277 e. The van der Waals surface area contributed by atoms with Crippen LogP contribution in [0.5, 0.6) is 0 Å². The molecule has 0 aromatic heterocycles. The van der Waals surface area contributed by atoms with Crippen LogP contribution in [0.2, 0.25) is 0 Å². The Labute approximate surface area is 142 Å². The summed E-state index contributed by atoms with van der Waals surface area (Å²) in [6.07, 6.45) is 1.25. The number of amides is 2. The molecular formula is C18H14N2O5. The Kier molecular flexibility index (Phi) is 2.82. The van der Waals surface area contributed by atoms with E-state index in [0.29, 0.717) is 16.5 Å². The number of anilines is 1. The van der Waals surface area contributed by atoms with Crippen LogP contribution in [0.4, 0.5) is 11.4 Å². The standard InChI is InChI=1S/C18H14N2O5/c21-17-15-13-7-8-14(25-13)16(15)18(22)19(17)11-5-6-12(20(23)24)10-4-2-1-3-9(10)11/h1-6,13-16H,7-8H2/t13-,14+,15-,16?/m1/s1. The first-order chi connectivity index (χ1) is 12.1. The minimum absolute atomic E-state index is 0.0398. The number of non-ortho nitro benzene ring substituents is 1. The summed E-state index contributed by atoms with van der Waals surface area (Å²) in [5.74, 6) is -1.33. The maximum Gasteiger partial charge on any atom is 0.277 e. The summed E-state index contributed by atoms with van der Waals surface area (Å²) in [7, 11) is 0. The van der Waals surface area contributed by atoms with Crippen molar-refractivity contribution in [2.45, 2.75) is 25.0 Å². The zero-order valence-electron chi connectivity index (χ0n) is 13.1. The molecule has 2 aromatic carbocycles. The van der Waals surface area contributed by atoms with E-state index in [2.05, 4.69) is 0 Å². The Bertz CT molecular complexity index is 928. The van der Waals surface area contributed by atoms with E-state index in [0.717, 1.165) is 12.8 Å². The van der Waals surface area contributed by atoms with Crippen molar-refractivity contribution in [3.63, 3.8) is 0 Å². The lowest BCUT2D eigenvalue weighted by atomic mass is 9.81. The molecule has 5 rings (SSSR count). The molecule has 0 radical (unpaired) electrons. The van der Waals surface area contributed by atoms with Crippen molar-refractivity contribution in [3.05, 3.63) is 46.5 Å². The van der Waals surface area contributed by atoms with E-state index in [9.17, 15) is 19.7 Å². The number of carbonyl (C=O) groups is 2. The zero-order valence-corrected chi connectivity index (χ0v) is 13.1. The number of hydrogen-bond donors (Lipinski definition) is 0. The van der Waals surface area contributed by atoms with Gasteiger partial charge in [0.05, 0.1) is 40.0 Å². The lowest BCUT2D eigenvalue weighted by Gasteiger charge is -2.19. The highest BCUT2D eigenvalue weighted by atomic mass is 16.6. The highest BCUT2D eigenvalue weighted by Crippen LogP contribution is 2.50. The molecule has 2 bridgehead atoms. The van der Waals surface area contributed by atoms with Crippen LogP contribution in [0.15, 0.2) is 36.4 Å². The van der Waals surface area contributed by atoms with Gasteiger partial charge in [0.15, 0.2) is 0 Å². The van der Waals surface area contributed by atoms with E-state index in [4.69, 9.17) is 4.74 Å². The highest BCUT2D eigenvalue weighted by molar-refractivity contribution is 6.26. The topological polar surface area (TPSA) is 89.8 Å². The SMILES string of the molecule is O=C1C2[C@@H]3CC[C@@H](O3)[C@H]2C(=O)N1c1ccc([N+](=O)[O-])c2ccccc12. The second-order valence-electron chi connectivity index (χ2n) is 6.76. The van der Waals surface area contributed by atoms with Crippen LogP contribution >= 0.6 is 0 Å². The highest BCUT2D eigenvalue weighted by Gasteiger charge is 2.62. The summed E-state index contributed by atoms with van der Waals surface area (Å²) in [6, 6.07) is 9.65. The second-order valence-corrected chi connectivity index (χ2v) is 6.76. The van der Waals surface area contributed by atoms with E-state index >= 15 is 0 Å². The van der Waals surface area contributed by atoms with Crippen molar-refractivity contribution in [2.75, 3.05) is 4.90 Å². The van der Waals surface area contributed by atoms with Gasteiger partial charge in [-0.15, -0.1) is 0 Å². The number of ether oxygens (including phenoxy) is 1. The number of imide groups is 1. The van der Waals surface area contributed by atoms with E-state index in [1.807, 2.05) is 0 Å². The fraction of sp³-hybridized carbons (Fsp3) is 0.333. The molecule has 0 spiro atoms. The number of benzene rings is 2. The van der Waals surface area contributed by atoms with Gasteiger partial charge in [0.2, 0.25) is 11.8 Å². The Morgan fingerprint density at radius 3 is 2.16 bits per heavy atom. The first kappa shape index (κ1) is 14.5. The molecule has 4 atom stereocenters. The average Bonchev–Trinajstić information content (AvgIpc) is 3.28. The van der Waals surface area contributed by atoms with Crippen LogP contribution in [0.25, 0.3) is 10.8 Å². The molecule has 25 heavy (non-hydrogen) atoms. The monoisotopic (exact) mass is 338 g/mol. The first-order valence-corrected chi connectivity index (χ1v) is 8.27. The molecule has 126 valence electrons. The minimum atomic E-state index is -0.456. The molecule has 7 heteroatoms. The van der Waals surface area contributed by atoms with Crippen molar-refractivity contribution in [1.29, 1.82) is 0 Å². The lowest BCUT2D eigenvalue weighted by molar-refractivity contribution is -0.383. The third-order valence-electron chi connectivity index (χ3n) is 5.60. The van der Waals surface area contributed by atoms with Crippen molar-refractivity contribution < 1.29 is 19.2 Å². The van der Waals surface area contributed by atoms with Crippen molar-refractivity contribution in [3.8, 4) is 0 Å². The van der Waals surface area contributed by atoms with Gasteiger partial charge in [-0.25, -0.2) is 4.90 Å². The fourth-order valence-electron chi connectivity index (χ4n) is 4.57. The fourth-order valence-corrected chi connectivity index (χ4v) is 4.57. The van der Waals surface area contributed by atoms with Gasteiger partial charge in [0.1, 0.15) is 0 Å². The van der Waals surface area contributed by atoms with Crippen molar-refractivity contribution in [2.24, 2.45) is 11.8 Å². The van der Waals surface area contributed by atoms with Crippen LogP contribution in [0.1, 0.15) is 12.8 Å². The number of nitro benzene ring substituents is 1. The molecule has 3 fully saturated rings. The molecule has 2 amide bonds. The van der Waals surface area contributed by atoms with Gasteiger partial charge in [0, 0.05) is 11.5 Å². The molecule has 3 aliphatic heterocycles. The molecule has 1 unspecified atom stereocenters. The molecule has 3 aliphatic rings. The number of carbonyl (C=O) groups excluding carboxylic acids is 2. The van der Waals surface area contributed by atoms with E-state index < -0.39 is 16.8 Å². The molecule has 7 nitrogen and oxygen atoms in total. The molecule has 0 aliphatic carbocycles. The molecule has 3 heterocycles. The largest absolute Gasteiger partial charge is 0.373 e. The van der Waals surface area contributed by atoms with Crippen LogP contribution in [-0.2, 0) is 14.3 Å². The number of nitro groups is 1. The number of hydrogen-bond acceptors (Lipinski definition) is 5. The summed E-state index contributed by atoms with van der Waals surface area (Å²) in [5, 5.41) is 12.2. The molecule has 0 saturated carbocycles. The van der Waals surface area contributed by atoms with Crippen LogP contribution < -0.4 is 4.90 Å². The average molecular weight is 338 g/mol. The predicted molar refractivity (Wildman–Crippen MR) is 88.0 cm³/mol. The Morgan fingerprint density at radius 2 is 1.56 bits per heavy atom. The third-order valence-corrected chi connectivity index (χ3v) is 5.60. The van der Waals surface area contributed by atoms with Crippen LogP contribution in [0.3, 0.4) is 0 Å².